The average Bonchev–Trinajstić information content (AvgIpc) is 2.60. The maximum Gasteiger partial charge on any atom is 0.335 e. The van der Waals surface area contributed by atoms with Crippen LogP contribution in [-0.2, 0) is 6.42 Å². The van der Waals surface area contributed by atoms with Crippen LogP contribution >= 0.6 is 0 Å². The van der Waals surface area contributed by atoms with Crippen molar-refractivity contribution in [1.29, 1.82) is 0 Å². The Kier molecular flexibility index (Phi) is 6.49. The highest BCUT2D eigenvalue weighted by Gasteiger charge is 2.10. The zero-order valence-electron chi connectivity index (χ0n) is 14.0. The molecular weight excluding hydrogens is 308 g/mol. The van der Waals surface area contributed by atoms with Crippen LogP contribution in [0.15, 0.2) is 42.5 Å². The molecule has 0 radical (unpaired) electrons. The van der Waals surface area contributed by atoms with Gasteiger partial charge in [-0.1, -0.05) is 25.5 Å². The van der Waals surface area contributed by atoms with Crippen LogP contribution in [0.25, 0.3) is 0 Å². The van der Waals surface area contributed by atoms with Gasteiger partial charge in [-0.15, -0.1) is 0 Å². The topological polar surface area (TPSA) is 65.0 Å². The van der Waals surface area contributed by atoms with E-state index in [9.17, 15) is 4.79 Å². The number of ether oxygens (including phenoxy) is 3. The Labute approximate surface area is 141 Å². The highest BCUT2D eigenvalue weighted by molar-refractivity contribution is 5.88. The van der Waals surface area contributed by atoms with Gasteiger partial charge in [0, 0.05) is 0 Å². The van der Waals surface area contributed by atoms with Gasteiger partial charge in [-0.3, -0.25) is 0 Å². The highest BCUT2D eigenvalue weighted by Crippen LogP contribution is 2.28. The fourth-order valence-corrected chi connectivity index (χ4v) is 2.27. The number of methoxy groups -OCH3 is 1. The van der Waals surface area contributed by atoms with Crippen molar-refractivity contribution in [3.63, 3.8) is 0 Å². The van der Waals surface area contributed by atoms with Crippen LogP contribution in [0.2, 0.25) is 0 Å². The molecule has 0 amide bonds. The molecule has 0 aliphatic rings. The lowest BCUT2D eigenvalue weighted by Crippen LogP contribution is -2.10. The largest absolute Gasteiger partial charge is 0.493 e. The van der Waals surface area contributed by atoms with Gasteiger partial charge in [0.2, 0.25) is 0 Å². The van der Waals surface area contributed by atoms with Crippen LogP contribution in [0.5, 0.6) is 17.2 Å². The zero-order chi connectivity index (χ0) is 17.4. The van der Waals surface area contributed by atoms with Gasteiger partial charge in [-0.05, 0) is 42.3 Å². The quantitative estimate of drug-likeness (QED) is 0.708. The number of benzene rings is 2. The van der Waals surface area contributed by atoms with Crippen LogP contribution in [0.3, 0.4) is 0 Å². The van der Waals surface area contributed by atoms with Crippen molar-refractivity contribution in [1.82, 2.24) is 0 Å². The smallest absolute Gasteiger partial charge is 0.335 e. The fraction of sp³-hybridized carbons (Fsp3) is 0.316. The Morgan fingerprint density at radius 1 is 1.00 bits per heavy atom. The second-order valence-corrected chi connectivity index (χ2v) is 5.26. The molecule has 0 saturated carbocycles. The molecule has 2 aromatic rings. The molecule has 0 heterocycles. The maximum absolute atomic E-state index is 11.0. The van der Waals surface area contributed by atoms with Gasteiger partial charge < -0.3 is 19.3 Å². The molecular formula is C19H22O5. The number of rotatable bonds is 9. The van der Waals surface area contributed by atoms with Crippen molar-refractivity contribution in [3.8, 4) is 17.2 Å². The summed E-state index contributed by atoms with van der Waals surface area (Å²) in [5.41, 5.74) is 1.44. The predicted octanol–water partition coefficient (Wildman–Crippen LogP) is 3.80. The fourth-order valence-electron chi connectivity index (χ4n) is 2.27. The van der Waals surface area contributed by atoms with Gasteiger partial charge in [0.15, 0.2) is 11.5 Å². The summed E-state index contributed by atoms with van der Waals surface area (Å²) in [4.78, 5) is 11.0. The van der Waals surface area contributed by atoms with E-state index in [0.29, 0.717) is 18.1 Å². The molecule has 0 spiro atoms. The van der Waals surface area contributed by atoms with Gasteiger partial charge in [-0.25, -0.2) is 4.79 Å². The summed E-state index contributed by atoms with van der Waals surface area (Å²) in [7, 11) is 1.51. The number of carboxylic acids is 1. The predicted molar refractivity (Wildman–Crippen MR) is 91.4 cm³/mol. The van der Waals surface area contributed by atoms with E-state index in [0.717, 1.165) is 18.6 Å². The van der Waals surface area contributed by atoms with E-state index < -0.39 is 5.97 Å². The first-order chi connectivity index (χ1) is 11.6. The normalized spacial score (nSPS) is 10.2. The molecule has 2 rings (SSSR count). The number of carboxylic acid groups (broad SMARTS) is 1. The summed E-state index contributed by atoms with van der Waals surface area (Å²) in [6, 6.07) is 12.5. The lowest BCUT2D eigenvalue weighted by atomic mass is 10.1. The Morgan fingerprint density at radius 3 is 2.33 bits per heavy atom. The summed E-state index contributed by atoms with van der Waals surface area (Å²) in [6.07, 6.45) is 2.17. The molecule has 5 heteroatoms. The Morgan fingerprint density at radius 2 is 1.71 bits per heavy atom. The van der Waals surface area contributed by atoms with Crippen molar-refractivity contribution in [3.05, 3.63) is 53.6 Å². The summed E-state index contributed by atoms with van der Waals surface area (Å²) in [5.74, 6) is 0.652. The van der Waals surface area contributed by atoms with E-state index in [2.05, 4.69) is 19.1 Å². The number of hydrogen-bond acceptors (Lipinski definition) is 4. The number of aryl methyl sites for hydroxylation is 1. The van der Waals surface area contributed by atoms with Crippen LogP contribution in [0.1, 0.15) is 29.3 Å². The molecule has 24 heavy (non-hydrogen) atoms. The van der Waals surface area contributed by atoms with Crippen molar-refractivity contribution in [2.75, 3.05) is 20.3 Å². The molecule has 0 bridgehead atoms. The highest BCUT2D eigenvalue weighted by atomic mass is 16.5. The minimum absolute atomic E-state index is 0.151. The summed E-state index contributed by atoms with van der Waals surface area (Å²) < 4.78 is 16.4. The van der Waals surface area contributed by atoms with Crippen LogP contribution in [0.4, 0.5) is 0 Å². The molecule has 0 saturated heterocycles. The third-order valence-electron chi connectivity index (χ3n) is 3.48. The number of carbonyl (C=O) groups is 1. The van der Waals surface area contributed by atoms with Crippen molar-refractivity contribution in [2.24, 2.45) is 0 Å². The third-order valence-corrected chi connectivity index (χ3v) is 3.48. The molecule has 1 N–H and O–H groups in total. The summed E-state index contributed by atoms with van der Waals surface area (Å²) in [5, 5.41) is 9.03. The molecule has 128 valence electrons. The van der Waals surface area contributed by atoms with Crippen LogP contribution in [-0.4, -0.2) is 31.4 Å². The third kappa shape index (κ3) is 4.91. The van der Waals surface area contributed by atoms with Gasteiger partial charge in [0.25, 0.3) is 0 Å². The lowest BCUT2D eigenvalue weighted by molar-refractivity contribution is 0.0696. The van der Waals surface area contributed by atoms with Gasteiger partial charge in [0.05, 0.1) is 12.7 Å². The number of aromatic carboxylic acids is 1. The molecule has 0 aliphatic heterocycles. The molecule has 0 unspecified atom stereocenters. The van der Waals surface area contributed by atoms with E-state index in [1.807, 2.05) is 12.1 Å². The molecule has 0 atom stereocenters. The second-order valence-electron chi connectivity index (χ2n) is 5.26. The molecule has 2 aromatic carbocycles. The SMILES string of the molecule is CCCc1ccc(OCCOc2cc(C(=O)O)ccc2OC)cc1. The van der Waals surface area contributed by atoms with Gasteiger partial charge >= 0.3 is 5.97 Å². The van der Waals surface area contributed by atoms with E-state index >= 15 is 0 Å². The lowest BCUT2D eigenvalue weighted by Gasteiger charge is -2.12. The summed E-state index contributed by atoms with van der Waals surface area (Å²) in [6.45, 7) is 2.79. The van der Waals surface area contributed by atoms with Crippen molar-refractivity contribution >= 4 is 5.97 Å². The first-order valence-electron chi connectivity index (χ1n) is 7.90. The molecule has 0 aliphatic carbocycles. The standard InChI is InChI=1S/C19H22O5/c1-3-4-14-5-8-16(9-6-14)23-11-12-24-18-13-15(19(20)21)7-10-17(18)22-2/h5-10,13H,3-4,11-12H2,1-2H3,(H,20,21). The minimum Gasteiger partial charge on any atom is -0.493 e. The monoisotopic (exact) mass is 330 g/mol. The molecule has 5 nitrogen and oxygen atoms in total. The Balaban J connectivity index is 1.87. The number of hydrogen-bond donors (Lipinski definition) is 1. The molecule has 0 fully saturated rings. The average molecular weight is 330 g/mol. The van der Waals surface area contributed by atoms with Gasteiger partial charge in [-0.2, -0.15) is 0 Å². The minimum atomic E-state index is -1.01. The van der Waals surface area contributed by atoms with Crippen molar-refractivity contribution in [2.45, 2.75) is 19.8 Å². The summed E-state index contributed by atoms with van der Waals surface area (Å²) >= 11 is 0. The van der Waals surface area contributed by atoms with Gasteiger partial charge in [0.1, 0.15) is 19.0 Å². The Hall–Kier alpha value is -2.69. The van der Waals surface area contributed by atoms with Crippen LogP contribution in [0, 0.1) is 0 Å². The van der Waals surface area contributed by atoms with E-state index in [1.54, 1.807) is 6.07 Å². The first-order valence-corrected chi connectivity index (χ1v) is 7.90. The van der Waals surface area contributed by atoms with E-state index in [-0.39, 0.29) is 12.2 Å². The Bertz CT molecular complexity index is 664. The van der Waals surface area contributed by atoms with E-state index in [4.69, 9.17) is 19.3 Å². The molecule has 0 aromatic heterocycles. The maximum atomic E-state index is 11.0. The van der Waals surface area contributed by atoms with E-state index in [1.165, 1.54) is 24.8 Å². The zero-order valence-corrected chi connectivity index (χ0v) is 14.0. The van der Waals surface area contributed by atoms with Crippen LogP contribution < -0.4 is 14.2 Å². The first kappa shape index (κ1) is 17.7. The van der Waals surface area contributed by atoms with Crippen molar-refractivity contribution < 1.29 is 24.1 Å². The second kappa shape index (κ2) is 8.82.